The van der Waals surface area contributed by atoms with Gasteiger partial charge in [0.25, 0.3) is 11.8 Å². The van der Waals surface area contributed by atoms with Crippen LogP contribution in [0.4, 0.5) is 0 Å². The van der Waals surface area contributed by atoms with Crippen LogP contribution in [0.25, 0.3) is 0 Å². The van der Waals surface area contributed by atoms with E-state index >= 15 is 0 Å². The lowest BCUT2D eigenvalue weighted by Gasteiger charge is -2.41. The van der Waals surface area contributed by atoms with Crippen molar-refractivity contribution < 1.29 is 14.4 Å². The van der Waals surface area contributed by atoms with Gasteiger partial charge in [-0.05, 0) is 37.5 Å². The first-order valence-corrected chi connectivity index (χ1v) is 10.9. The van der Waals surface area contributed by atoms with Crippen LogP contribution in [0.1, 0.15) is 59.1 Å². The van der Waals surface area contributed by atoms with Gasteiger partial charge in [0.1, 0.15) is 11.2 Å². The Morgan fingerprint density at radius 2 is 1.90 bits per heavy atom. The summed E-state index contributed by atoms with van der Waals surface area (Å²) in [6.07, 6.45) is 4.14. The van der Waals surface area contributed by atoms with Crippen LogP contribution in [-0.2, 0) is 17.9 Å². The molecule has 2 N–H and O–H groups in total. The van der Waals surface area contributed by atoms with Gasteiger partial charge in [-0.2, -0.15) is 5.10 Å². The first-order valence-electron chi connectivity index (χ1n) is 10.5. The highest BCUT2D eigenvalue weighted by atomic mass is 35.5. The van der Waals surface area contributed by atoms with Gasteiger partial charge in [0.2, 0.25) is 5.91 Å². The Balaban J connectivity index is 1.48. The quantitative estimate of drug-likeness (QED) is 0.741. The summed E-state index contributed by atoms with van der Waals surface area (Å²) < 4.78 is 1.47. The van der Waals surface area contributed by atoms with Gasteiger partial charge in [0.05, 0.1) is 6.54 Å². The summed E-state index contributed by atoms with van der Waals surface area (Å²) >= 11 is 5.88. The fraction of sp³-hybridized carbons (Fsp3) is 0.455. The highest BCUT2D eigenvalue weighted by Gasteiger charge is 2.46. The number of fused-ring (bicyclic) bond motifs is 1. The van der Waals surface area contributed by atoms with Crippen LogP contribution in [0.5, 0.6) is 0 Å². The molecule has 3 amide bonds. The number of aromatic nitrogens is 2. The predicted octanol–water partition coefficient (Wildman–Crippen LogP) is 2.37. The Bertz CT molecular complexity index is 1010. The molecule has 0 radical (unpaired) electrons. The number of nitrogens with one attached hydrogen (secondary N) is 2. The van der Waals surface area contributed by atoms with Gasteiger partial charge in [-0.3, -0.25) is 19.1 Å². The third-order valence-electron chi connectivity index (χ3n) is 6.28. The smallest absolute Gasteiger partial charge is 0.272 e. The molecule has 164 valence electrons. The van der Waals surface area contributed by atoms with Crippen molar-refractivity contribution in [3.63, 3.8) is 0 Å². The number of hydrogen-bond acceptors (Lipinski definition) is 4. The number of hydrogen-bond donors (Lipinski definition) is 2. The molecule has 8 nitrogen and oxygen atoms in total. The van der Waals surface area contributed by atoms with E-state index in [1.165, 1.54) is 15.6 Å². The third-order valence-corrected chi connectivity index (χ3v) is 6.53. The van der Waals surface area contributed by atoms with Gasteiger partial charge in [0, 0.05) is 30.7 Å². The van der Waals surface area contributed by atoms with Crippen LogP contribution in [0, 0.1) is 0 Å². The van der Waals surface area contributed by atoms with Crippen LogP contribution in [-0.4, -0.2) is 51.0 Å². The number of likely N-dealkylation sites (N-methyl/N-ethyl adjacent to an activating group) is 1. The third kappa shape index (κ3) is 4.17. The average Bonchev–Trinajstić information content (AvgIpc) is 3.41. The van der Waals surface area contributed by atoms with E-state index in [2.05, 4.69) is 15.7 Å². The minimum Gasteiger partial charge on any atom is -0.351 e. The number of carbonyl (C=O) groups excluding carboxylic acids is 3. The molecule has 2 heterocycles. The first kappa shape index (κ1) is 21.4. The summed E-state index contributed by atoms with van der Waals surface area (Å²) in [4.78, 5) is 40.0. The lowest BCUT2D eigenvalue weighted by atomic mass is 9.95. The van der Waals surface area contributed by atoms with Crippen molar-refractivity contribution in [3.05, 3.63) is 52.3 Å². The van der Waals surface area contributed by atoms with Crippen molar-refractivity contribution in [2.75, 3.05) is 7.05 Å². The molecule has 1 saturated carbocycles. The molecule has 1 atom stereocenters. The molecule has 2 aromatic rings. The fourth-order valence-electron chi connectivity index (χ4n) is 4.12. The number of amides is 3. The average molecular weight is 444 g/mol. The molecule has 1 aliphatic heterocycles. The van der Waals surface area contributed by atoms with E-state index in [1.807, 2.05) is 12.1 Å². The minimum absolute atomic E-state index is 0.145. The molecule has 4 rings (SSSR count). The van der Waals surface area contributed by atoms with Crippen LogP contribution < -0.4 is 10.6 Å². The molecule has 2 aliphatic rings. The molecule has 9 heteroatoms. The summed E-state index contributed by atoms with van der Waals surface area (Å²) in [6.45, 7) is 2.24. The molecule has 0 bridgehead atoms. The molecule has 0 saturated heterocycles. The molecule has 1 aliphatic carbocycles. The second kappa shape index (κ2) is 8.34. The fourth-order valence-corrected chi connectivity index (χ4v) is 4.25. The Morgan fingerprint density at radius 1 is 1.23 bits per heavy atom. The Morgan fingerprint density at radius 3 is 2.58 bits per heavy atom. The zero-order chi connectivity index (χ0) is 22.2. The van der Waals surface area contributed by atoms with Gasteiger partial charge in [0.15, 0.2) is 5.69 Å². The Kier molecular flexibility index (Phi) is 5.75. The van der Waals surface area contributed by atoms with Gasteiger partial charge in [-0.15, -0.1) is 0 Å². The molecule has 1 aromatic carbocycles. The number of carbonyl (C=O) groups is 3. The highest BCUT2D eigenvalue weighted by molar-refractivity contribution is 6.30. The maximum Gasteiger partial charge on any atom is 0.272 e. The minimum atomic E-state index is -1.07. The summed E-state index contributed by atoms with van der Waals surface area (Å²) in [5.41, 5.74) is 0.264. The van der Waals surface area contributed by atoms with Crippen molar-refractivity contribution in [3.8, 4) is 0 Å². The molecule has 0 spiro atoms. The molecule has 1 aromatic heterocycles. The van der Waals surface area contributed by atoms with Crippen molar-refractivity contribution in [2.24, 2.45) is 0 Å². The van der Waals surface area contributed by atoms with Gasteiger partial charge in [-0.1, -0.05) is 36.6 Å². The summed E-state index contributed by atoms with van der Waals surface area (Å²) in [5, 5.41) is 10.8. The first-order chi connectivity index (χ1) is 14.8. The van der Waals surface area contributed by atoms with E-state index in [-0.39, 0.29) is 36.0 Å². The lowest BCUT2D eigenvalue weighted by Crippen LogP contribution is -2.63. The Hall–Kier alpha value is -2.87. The molecule has 0 unspecified atom stereocenters. The summed E-state index contributed by atoms with van der Waals surface area (Å²) in [7, 11) is 1.62. The van der Waals surface area contributed by atoms with Gasteiger partial charge >= 0.3 is 0 Å². The Labute approximate surface area is 185 Å². The van der Waals surface area contributed by atoms with E-state index < -0.39 is 5.54 Å². The van der Waals surface area contributed by atoms with Gasteiger partial charge in [-0.25, -0.2) is 0 Å². The van der Waals surface area contributed by atoms with Crippen molar-refractivity contribution in [1.82, 2.24) is 25.3 Å². The van der Waals surface area contributed by atoms with Crippen molar-refractivity contribution in [2.45, 2.75) is 57.3 Å². The maximum atomic E-state index is 13.0. The standard InChI is InChI=1S/C22H26ClN5O3/c1-22(21(31)25-16-5-3-4-6-16)13-28-18(20(30)27(22)2)11-17(26-28)19(29)24-12-14-7-9-15(23)10-8-14/h7-11,16H,3-6,12-13H2,1-2H3,(H,24,29)(H,25,31)/t22-/m0/s1. The summed E-state index contributed by atoms with van der Waals surface area (Å²) in [6, 6.07) is 8.79. The van der Waals surface area contributed by atoms with Crippen LogP contribution in [0.2, 0.25) is 5.02 Å². The topological polar surface area (TPSA) is 96.3 Å². The lowest BCUT2D eigenvalue weighted by molar-refractivity contribution is -0.133. The zero-order valence-electron chi connectivity index (χ0n) is 17.7. The number of rotatable bonds is 5. The number of benzene rings is 1. The molecule has 31 heavy (non-hydrogen) atoms. The van der Waals surface area contributed by atoms with Crippen LogP contribution in [0.3, 0.4) is 0 Å². The largest absolute Gasteiger partial charge is 0.351 e. The normalized spacial score (nSPS) is 21.1. The highest BCUT2D eigenvalue weighted by Crippen LogP contribution is 2.27. The SMILES string of the molecule is CN1C(=O)c2cc(C(=O)NCc3ccc(Cl)cc3)nn2C[C@@]1(C)C(=O)NC1CCCC1. The van der Waals surface area contributed by atoms with E-state index in [4.69, 9.17) is 11.6 Å². The van der Waals surface area contributed by atoms with Crippen molar-refractivity contribution in [1.29, 1.82) is 0 Å². The second-order valence-electron chi connectivity index (χ2n) is 8.47. The predicted molar refractivity (Wildman–Crippen MR) is 116 cm³/mol. The van der Waals surface area contributed by atoms with E-state index in [0.29, 0.717) is 17.3 Å². The van der Waals surface area contributed by atoms with E-state index in [9.17, 15) is 14.4 Å². The maximum absolute atomic E-state index is 13.0. The number of halogens is 1. The molecular formula is C22H26ClN5O3. The second-order valence-corrected chi connectivity index (χ2v) is 8.91. The summed E-state index contributed by atoms with van der Waals surface area (Å²) in [5.74, 6) is -0.908. The monoisotopic (exact) mass is 443 g/mol. The van der Waals surface area contributed by atoms with Crippen LogP contribution in [0.15, 0.2) is 30.3 Å². The molecule has 1 fully saturated rings. The van der Waals surface area contributed by atoms with Crippen molar-refractivity contribution >= 4 is 29.3 Å². The van der Waals surface area contributed by atoms with Crippen LogP contribution >= 0.6 is 11.6 Å². The van der Waals surface area contributed by atoms with E-state index in [0.717, 1.165) is 31.2 Å². The number of nitrogens with zero attached hydrogens (tertiary/aromatic N) is 3. The molecular weight excluding hydrogens is 418 g/mol. The van der Waals surface area contributed by atoms with Gasteiger partial charge < -0.3 is 15.5 Å². The van der Waals surface area contributed by atoms with E-state index in [1.54, 1.807) is 26.1 Å². The zero-order valence-corrected chi connectivity index (χ0v) is 18.4.